The molecule has 1 fully saturated rings. The minimum atomic E-state index is -1.33. The molecule has 166 valence electrons. The maximum Gasteiger partial charge on any atom is 0.256 e. The maximum atomic E-state index is 13.1. The highest BCUT2D eigenvalue weighted by molar-refractivity contribution is 9.10. The molecule has 1 aliphatic heterocycles. The van der Waals surface area contributed by atoms with Gasteiger partial charge in [0.15, 0.2) is 6.10 Å². The first-order chi connectivity index (χ1) is 15.4. The fourth-order valence-electron chi connectivity index (χ4n) is 4.32. The highest BCUT2D eigenvalue weighted by Gasteiger charge is 2.49. The van der Waals surface area contributed by atoms with Gasteiger partial charge in [-0.1, -0.05) is 23.7 Å². The average molecular weight is 535 g/mol. The number of benzene rings is 1. The number of aromatic nitrogens is 2. The van der Waals surface area contributed by atoms with E-state index >= 15 is 0 Å². The van der Waals surface area contributed by atoms with Gasteiger partial charge in [0.25, 0.3) is 11.5 Å². The number of carbonyl (C=O) groups is 1. The largest absolute Gasteiger partial charge is 0.378 e. The monoisotopic (exact) mass is 533 g/mol. The van der Waals surface area contributed by atoms with E-state index in [-0.39, 0.29) is 17.5 Å². The van der Waals surface area contributed by atoms with Gasteiger partial charge in [-0.15, -0.1) is 11.3 Å². The number of hydrogen-bond acceptors (Lipinski definition) is 5. The normalized spacial score (nSPS) is 18.0. The Bertz CT molecular complexity index is 1250. The van der Waals surface area contributed by atoms with Crippen molar-refractivity contribution < 1.29 is 9.90 Å². The van der Waals surface area contributed by atoms with Gasteiger partial charge in [0.05, 0.1) is 23.2 Å². The van der Waals surface area contributed by atoms with Gasteiger partial charge in [0.2, 0.25) is 0 Å². The first-order valence-electron chi connectivity index (χ1n) is 10.5. The van der Waals surface area contributed by atoms with Gasteiger partial charge in [0.1, 0.15) is 5.82 Å². The maximum absolute atomic E-state index is 13.1. The second kappa shape index (κ2) is 8.41. The number of rotatable bonds is 4. The summed E-state index contributed by atoms with van der Waals surface area (Å²) < 4.78 is 1.04. The fraction of sp³-hybridized carbons (Fsp3) is 0.348. The Hall–Kier alpha value is -2.00. The van der Waals surface area contributed by atoms with E-state index in [1.165, 1.54) is 9.78 Å². The van der Waals surface area contributed by atoms with Crippen LogP contribution in [0.2, 0.25) is 5.02 Å². The van der Waals surface area contributed by atoms with E-state index in [1.54, 1.807) is 35.6 Å². The molecule has 1 aliphatic carbocycles. The van der Waals surface area contributed by atoms with Crippen LogP contribution in [-0.2, 0) is 23.2 Å². The van der Waals surface area contributed by atoms with Gasteiger partial charge in [-0.2, -0.15) is 0 Å². The summed E-state index contributed by atoms with van der Waals surface area (Å²) in [5.41, 5.74) is 1.27. The van der Waals surface area contributed by atoms with E-state index in [1.807, 2.05) is 5.38 Å². The molecular weight excluding hydrogens is 514 g/mol. The molecule has 3 heterocycles. The lowest BCUT2D eigenvalue weighted by Gasteiger charge is -2.24. The van der Waals surface area contributed by atoms with Gasteiger partial charge in [0, 0.05) is 26.3 Å². The predicted molar refractivity (Wildman–Crippen MR) is 127 cm³/mol. The third-order valence-corrected chi connectivity index (χ3v) is 8.37. The molecule has 1 amide bonds. The highest BCUT2D eigenvalue weighted by atomic mass is 79.9. The van der Waals surface area contributed by atoms with Crippen molar-refractivity contribution >= 4 is 44.8 Å². The van der Waals surface area contributed by atoms with Gasteiger partial charge < -0.3 is 15.0 Å². The molecule has 2 N–H and O–H groups in total. The van der Waals surface area contributed by atoms with Gasteiger partial charge in [-0.05, 0) is 65.4 Å². The molecule has 0 spiro atoms. The van der Waals surface area contributed by atoms with Crippen molar-refractivity contribution in [3.63, 3.8) is 0 Å². The van der Waals surface area contributed by atoms with Crippen molar-refractivity contribution in [1.82, 2.24) is 14.9 Å². The minimum Gasteiger partial charge on any atom is -0.378 e. The van der Waals surface area contributed by atoms with Crippen LogP contribution >= 0.6 is 38.9 Å². The minimum absolute atomic E-state index is 0.131. The third kappa shape index (κ3) is 3.94. The number of aromatic amines is 1. The Morgan fingerprint density at radius 1 is 1.34 bits per heavy atom. The zero-order chi connectivity index (χ0) is 22.5. The average Bonchev–Trinajstić information content (AvgIpc) is 3.52. The number of aliphatic hydroxyl groups is 1. The number of nitrogens with one attached hydrogen (secondary N) is 1. The van der Waals surface area contributed by atoms with Crippen LogP contribution in [0.25, 0.3) is 0 Å². The molecule has 1 saturated carbocycles. The van der Waals surface area contributed by atoms with Crippen LogP contribution in [0.1, 0.15) is 52.9 Å². The molecule has 0 bridgehead atoms. The number of carbonyl (C=O) groups excluding carboxylic acids is 1. The number of nitrogens with zero attached hydrogens (tertiary/aromatic N) is 2. The summed E-state index contributed by atoms with van der Waals surface area (Å²) in [6, 6.07) is 8.73. The number of aryl methyl sites for hydroxylation is 1. The summed E-state index contributed by atoms with van der Waals surface area (Å²) >= 11 is 11.2. The number of aliphatic hydroxyl groups excluding tert-OH is 1. The fourth-order valence-corrected chi connectivity index (χ4v) is 6.21. The second-order valence-electron chi connectivity index (χ2n) is 8.37. The van der Waals surface area contributed by atoms with E-state index in [2.05, 4.69) is 27.0 Å². The quantitative estimate of drug-likeness (QED) is 0.522. The van der Waals surface area contributed by atoms with Crippen molar-refractivity contribution in [1.29, 1.82) is 0 Å². The molecule has 1 aromatic carbocycles. The van der Waals surface area contributed by atoms with E-state index in [0.717, 1.165) is 23.0 Å². The molecule has 2 aliphatic rings. The third-order valence-electron chi connectivity index (χ3n) is 6.24. The van der Waals surface area contributed by atoms with E-state index in [4.69, 9.17) is 16.6 Å². The van der Waals surface area contributed by atoms with Crippen LogP contribution < -0.4 is 5.56 Å². The summed E-state index contributed by atoms with van der Waals surface area (Å²) in [5.74, 6) is 0.278. The van der Waals surface area contributed by atoms with Gasteiger partial charge >= 0.3 is 0 Å². The molecule has 3 aromatic rings. The lowest BCUT2D eigenvalue weighted by Crippen LogP contribution is -2.36. The second-order valence-corrected chi connectivity index (χ2v) is 10.6. The molecular formula is C23H21BrClN3O3S. The Kier molecular flexibility index (Phi) is 5.73. The number of amides is 1. The standard InChI is InChI=1S/C23H21BrClN3O3S/c24-14-10-18(32-12-14)23(6-7-23)22-26-17-5-2-8-28(11-16(17)20(30)27-22)21(31)19(29)13-3-1-4-15(25)9-13/h1,3-4,9-10,12,19,29H,2,5-8,11H2,(H,26,27,30)/t19-/m1/s1. The van der Waals surface area contributed by atoms with Crippen LogP contribution in [0.5, 0.6) is 0 Å². The lowest BCUT2D eigenvalue weighted by atomic mass is 10.0. The van der Waals surface area contributed by atoms with E-state index in [0.29, 0.717) is 41.4 Å². The number of H-pyrrole nitrogens is 1. The molecule has 32 heavy (non-hydrogen) atoms. The van der Waals surface area contributed by atoms with Crippen LogP contribution in [0.4, 0.5) is 0 Å². The molecule has 0 radical (unpaired) electrons. The molecule has 2 aromatic heterocycles. The predicted octanol–water partition coefficient (Wildman–Crippen LogP) is 4.34. The summed E-state index contributed by atoms with van der Waals surface area (Å²) in [6.45, 7) is 0.580. The first kappa shape index (κ1) is 21.8. The van der Waals surface area contributed by atoms with Crippen molar-refractivity contribution in [3.8, 4) is 0 Å². The summed E-state index contributed by atoms with van der Waals surface area (Å²) in [5, 5.41) is 13.1. The Balaban J connectivity index is 1.43. The number of thiophene rings is 1. The zero-order valence-corrected chi connectivity index (χ0v) is 20.3. The zero-order valence-electron chi connectivity index (χ0n) is 17.1. The van der Waals surface area contributed by atoms with Gasteiger partial charge in [-0.3, -0.25) is 9.59 Å². The Morgan fingerprint density at radius 2 is 2.16 bits per heavy atom. The SMILES string of the molecule is O=C([C@H](O)c1cccc(Cl)c1)N1CCCc2nc(C3(c4cc(Br)cs4)CC3)[nH]c(=O)c2C1. The Morgan fingerprint density at radius 3 is 2.84 bits per heavy atom. The van der Waals surface area contributed by atoms with Crippen molar-refractivity contribution in [2.24, 2.45) is 0 Å². The molecule has 1 atom stereocenters. The lowest BCUT2D eigenvalue weighted by molar-refractivity contribution is -0.141. The van der Waals surface area contributed by atoms with Crippen LogP contribution in [-0.4, -0.2) is 32.4 Å². The van der Waals surface area contributed by atoms with Gasteiger partial charge in [-0.25, -0.2) is 4.98 Å². The number of hydrogen-bond donors (Lipinski definition) is 2. The summed E-state index contributed by atoms with van der Waals surface area (Å²) in [4.78, 5) is 36.7. The summed E-state index contributed by atoms with van der Waals surface area (Å²) in [7, 11) is 0. The van der Waals surface area contributed by atoms with Crippen LogP contribution in [0.15, 0.2) is 45.0 Å². The number of fused-ring (bicyclic) bond motifs is 1. The Labute approximate surface area is 202 Å². The van der Waals surface area contributed by atoms with E-state index < -0.39 is 12.0 Å². The highest BCUT2D eigenvalue weighted by Crippen LogP contribution is 2.54. The number of halogens is 2. The molecule has 6 nitrogen and oxygen atoms in total. The molecule has 0 saturated heterocycles. The van der Waals surface area contributed by atoms with Crippen molar-refractivity contribution in [3.05, 3.63) is 83.1 Å². The first-order valence-corrected chi connectivity index (χ1v) is 12.5. The topological polar surface area (TPSA) is 86.3 Å². The molecule has 5 rings (SSSR count). The van der Waals surface area contributed by atoms with Crippen molar-refractivity contribution in [2.45, 2.75) is 43.7 Å². The van der Waals surface area contributed by atoms with Crippen LogP contribution in [0, 0.1) is 0 Å². The van der Waals surface area contributed by atoms with Crippen molar-refractivity contribution in [2.75, 3.05) is 6.54 Å². The smallest absolute Gasteiger partial charge is 0.256 e. The summed E-state index contributed by atoms with van der Waals surface area (Å²) in [6.07, 6.45) is 1.88. The molecule has 0 unspecified atom stereocenters. The molecule has 9 heteroatoms. The van der Waals surface area contributed by atoms with Crippen LogP contribution in [0.3, 0.4) is 0 Å². The van der Waals surface area contributed by atoms with E-state index in [9.17, 15) is 14.7 Å².